The second kappa shape index (κ2) is 9.57. The van der Waals surface area contributed by atoms with Gasteiger partial charge >= 0.3 is 5.97 Å². The molecule has 0 spiro atoms. The Morgan fingerprint density at radius 1 is 0.962 bits per heavy atom. The zero-order valence-electron chi connectivity index (χ0n) is 17.8. The van der Waals surface area contributed by atoms with Gasteiger partial charge in [-0.15, -0.1) is 0 Å². The first kappa shape index (κ1) is 21.7. The van der Waals surface area contributed by atoms with Crippen LogP contribution in [-0.4, -0.2) is 17.6 Å². The van der Waals surface area contributed by atoms with Crippen LogP contribution in [0.3, 0.4) is 0 Å². The fourth-order valence-electron chi connectivity index (χ4n) is 6.46. The minimum absolute atomic E-state index is 0.256. The van der Waals surface area contributed by atoms with Crippen LogP contribution in [-0.2, 0) is 4.79 Å². The van der Waals surface area contributed by atoms with Gasteiger partial charge in [0.1, 0.15) is 0 Å². The number of hydrogen-bond donors (Lipinski definition) is 2. The maximum Gasteiger partial charge on any atom is 0.306 e. The fraction of sp³-hybridized carbons (Fsp3) is 0.957. The van der Waals surface area contributed by atoms with E-state index in [4.69, 9.17) is 5.73 Å². The maximum absolute atomic E-state index is 12.0. The Morgan fingerprint density at radius 3 is 2.12 bits per heavy atom. The molecule has 0 aromatic heterocycles. The average Bonchev–Trinajstić information content (AvgIpc) is 2.58. The molecular formula is C23H43NO2. The molecule has 0 saturated heterocycles. The van der Waals surface area contributed by atoms with Gasteiger partial charge in [0.2, 0.25) is 0 Å². The minimum atomic E-state index is -0.621. The van der Waals surface area contributed by atoms with Crippen LogP contribution in [0.4, 0.5) is 0 Å². The summed E-state index contributed by atoms with van der Waals surface area (Å²) in [6.45, 7) is 12.2. The van der Waals surface area contributed by atoms with Crippen molar-refractivity contribution in [1.82, 2.24) is 0 Å². The fourth-order valence-corrected chi connectivity index (χ4v) is 6.46. The van der Waals surface area contributed by atoms with Crippen LogP contribution in [0.1, 0.15) is 79.6 Å². The van der Waals surface area contributed by atoms with Gasteiger partial charge in [0.05, 0.1) is 5.92 Å². The van der Waals surface area contributed by atoms with E-state index in [1.54, 1.807) is 0 Å². The topological polar surface area (TPSA) is 63.3 Å². The Balaban J connectivity index is 2.21. The third-order valence-corrected chi connectivity index (χ3v) is 7.84. The van der Waals surface area contributed by atoms with E-state index in [0.29, 0.717) is 36.6 Å². The highest BCUT2D eigenvalue weighted by Gasteiger charge is 2.44. The van der Waals surface area contributed by atoms with Gasteiger partial charge < -0.3 is 10.8 Å². The van der Waals surface area contributed by atoms with Crippen molar-refractivity contribution in [1.29, 1.82) is 0 Å². The van der Waals surface area contributed by atoms with Gasteiger partial charge in [-0.25, -0.2) is 0 Å². The molecule has 3 N–H and O–H groups in total. The Hall–Kier alpha value is -0.570. The standard InChI is InChI=1S/C23H43NO2/c1-14(2)18-8-6-16(5)12-21(18)17-7-9-19(15(3)4)22(13-17)20(10-11-24)23(25)26/h14-22H,6-13,24H2,1-5H3,(H,25,26)/t16?,17-,18?,19?,20+,21?,22-/m1/s1. The predicted molar refractivity (Wildman–Crippen MR) is 109 cm³/mol. The molecule has 2 fully saturated rings. The van der Waals surface area contributed by atoms with Crippen LogP contribution in [0.25, 0.3) is 0 Å². The first-order valence-corrected chi connectivity index (χ1v) is 11.2. The van der Waals surface area contributed by atoms with E-state index in [1.807, 2.05) is 0 Å². The first-order valence-electron chi connectivity index (χ1n) is 11.2. The van der Waals surface area contributed by atoms with Gasteiger partial charge in [0.15, 0.2) is 0 Å². The Labute approximate surface area is 161 Å². The molecule has 0 radical (unpaired) electrons. The lowest BCUT2D eigenvalue weighted by Crippen LogP contribution is -2.42. The van der Waals surface area contributed by atoms with Crippen molar-refractivity contribution >= 4 is 5.97 Å². The van der Waals surface area contributed by atoms with E-state index in [-0.39, 0.29) is 5.92 Å². The number of aliphatic carboxylic acids is 1. The van der Waals surface area contributed by atoms with Gasteiger partial charge in [-0.05, 0) is 92.4 Å². The smallest absolute Gasteiger partial charge is 0.306 e. The number of hydrogen-bond acceptors (Lipinski definition) is 2. The van der Waals surface area contributed by atoms with Gasteiger partial charge in [-0.1, -0.05) is 41.0 Å². The summed E-state index contributed by atoms with van der Waals surface area (Å²) in [6, 6.07) is 0. The predicted octanol–water partition coefficient (Wildman–Crippen LogP) is 5.43. The molecule has 0 amide bonds. The molecule has 3 heteroatoms. The van der Waals surface area contributed by atoms with E-state index >= 15 is 0 Å². The van der Waals surface area contributed by atoms with Crippen molar-refractivity contribution in [3.05, 3.63) is 0 Å². The SMILES string of the molecule is CC1CCC(C(C)C)C([C@@H]2CCC(C(C)C)[C@H]([C@H](CCN)C(=O)O)C2)C1. The molecule has 26 heavy (non-hydrogen) atoms. The minimum Gasteiger partial charge on any atom is -0.481 e. The Kier molecular flexibility index (Phi) is 8.00. The highest BCUT2D eigenvalue weighted by Crippen LogP contribution is 2.51. The van der Waals surface area contributed by atoms with Crippen LogP contribution in [0.15, 0.2) is 0 Å². The lowest BCUT2D eigenvalue weighted by atomic mass is 9.57. The van der Waals surface area contributed by atoms with E-state index in [9.17, 15) is 9.90 Å². The molecule has 2 saturated carbocycles. The average molecular weight is 366 g/mol. The third-order valence-electron chi connectivity index (χ3n) is 7.84. The summed E-state index contributed by atoms with van der Waals surface area (Å²) >= 11 is 0. The van der Waals surface area contributed by atoms with Crippen LogP contribution >= 0.6 is 0 Å². The molecule has 0 heterocycles. The zero-order valence-corrected chi connectivity index (χ0v) is 17.8. The Bertz CT molecular complexity index is 447. The quantitative estimate of drug-likeness (QED) is 0.632. The number of rotatable bonds is 7. The normalized spacial score (nSPS) is 37.1. The Morgan fingerprint density at radius 2 is 1.58 bits per heavy atom. The summed E-state index contributed by atoms with van der Waals surface area (Å²) in [4.78, 5) is 12.0. The largest absolute Gasteiger partial charge is 0.481 e. The molecule has 0 bridgehead atoms. The summed E-state index contributed by atoms with van der Waals surface area (Å²) in [5, 5.41) is 9.88. The van der Waals surface area contributed by atoms with Crippen molar-refractivity contribution in [2.75, 3.05) is 6.54 Å². The molecule has 0 aromatic rings. The monoisotopic (exact) mass is 365 g/mol. The molecule has 3 nitrogen and oxygen atoms in total. The third kappa shape index (κ3) is 5.03. The number of nitrogens with two attached hydrogens (primary N) is 1. The summed E-state index contributed by atoms with van der Waals surface area (Å²) in [6.07, 6.45) is 8.33. The number of carboxylic acid groups (broad SMARTS) is 1. The molecular weight excluding hydrogens is 322 g/mol. The van der Waals surface area contributed by atoms with Crippen molar-refractivity contribution in [3.63, 3.8) is 0 Å². The van der Waals surface area contributed by atoms with E-state index in [1.165, 1.54) is 32.1 Å². The van der Waals surface area contributed by atoms with Crippen molar-refractivity contribution in [2.24, 2.45) is 59.0 Å². The number of carbonyl (C=O) groups is 1. The summed E-state index contributed by atoms with van der Waals surface area (Å²) < 4.78 is 0. The van der Waals surface area contributed by atoms with Gasteiger partial charge in [-0.3, -0.25) is 4.79 Å². The highest BCUT2D eigenvalue weighted by molar-refractivity contribution is 5.70. The van der Waals surface area contributed by atoms with Crippen LogP contribution in [0, 0.1) is 53.3 Å². The van der Waals surface area contributed by atoms with Crippen molar-refractivity contribution < 1.29 is 9.90 Å². The van der Waals surface area contributed by atoms with E-state index < -0.39 is 5.97 Å². The van der Waals surface area contributed by atoms with Crippen molar-refractivity contribution in [2.45, 2.75) is 79.6 Å². The molecule has 0 aliphatic heterocycles. The van der Waals surface area contributed by atoms with Crippen molar-refractivity contribution in [3.8, 4) is 0 Å². The molecule has 152 valence electrons. The van der Waals surface area contributed by atoms with Gasteiger partial charge in [0.25, 0.3) is 0 Å². The summed E-state index contributed by atoms with van der Waals surface area (Å²) in [5.74, 6) is 4.43. The summed E-state index contributed by atoms with van der Waals surface area (Å²) in [7, 11) is 0. The molecule has 2 rings (SSSR count). The molecule has 4 unspecified atom stereocenters. The molecule has 2 aliphatic rings. The van der Waals surface area contributed by atoms with Crippen LogP contribution in [0.5, 0.6) is 0 Å². The second-order valence-corrected chi connectivity index (χ2v) is 10.2. The van der Waals surface area contributed by atoms with Gasteiger partial charge in [-0.2, -0.15) is 0 Å². The summed E-state index contributed by atoms with van der Waals surface area (Å²) in [5.41, 5.74) is 5.79. The zero-order chi connectivity index (χ0) is 19.4. The highest BCUT2D eigenvalue weighted by atomic mass is 16.4. The lowest BCUT2D eigenvalue weighted by Gasteiger charge is -2.48. The van der Waals surface area contributed by atoms with Crippen LogP contribution < -0.4 is 5.73 Å². The lowest BCUT2D eigenvalue weighted by molar-refractivity contribution is -0.146. The molecule has 7 atom stereocenters. The first-order chi connectivity index (χ1) is 12.3. The van der Waals surface area contributed by atoms with Gasteiger partial charge in [0, 0.05) is 0 Å². The number of carboxylic acids is 1. The van der Waals surface area contributed by atoms with Crippen LogP contribution in [0.2, 0.25) is 0 Å². The maximum atomic E-state index is 12.0. The second-order valence-electron chi connectivity index (χ2n) is 10.2. The van der Waals surface area contributed by atoms with E-state index in [0.717, 1.165) is 30.1 Å². The molecule has 0 aromatic carbocycles. The van der Waals surface area contributed by atoms with E-state index in [2.05, 4.69) is 34.6 Å². The molecule has 2 aliphatic carbocycles.